The molecule has 1 heterocycles. The zero-order valence-electron chi connectivity index (χ0n) is 10.2. The van der Waals surface area contributed by atoms with Crippen molar-refractivity contribution in [3.8, 4) is 0 Å². The summed E-state index contributed by atoms with van der Waals surface area (Å²) < 4.78 is 14.1. The number of benzene rings is 1. The van der Waals surface area contributed by atoms with Crippen LogP contribution in [0.2, 0.25) is 0 Å². The smallest absolute Gasteiger partial charge is 0.224 e. The maximum Gasteiger partial charge on any atom is 0.224 e. The van der Waals surface area contributed by atoms with Gasteiger partial charge in [0, 0.05) is 22.5 Å². The first-order chi connectivity index (χ1) is 8.56. The van der Waals surface area contributed by atoms with E-state index >= 15 is 0 Å². The number of rotatable bonds is 2. The number of fused-ring (bicyclic) bond motifs is 1. The zero-order valence-corrected chi connectivity index (χ0v) is 11.8. The van der Waals surface area contributed by atoms with Crippen LogP contribution in [0.4, 0.5) is 10.1 Å². The molecular weight excluding hydrogens is 297 g/mol. The standard InChI is InChI=1S/C14H15BrFNO/c1-7-4-9(7)14(15)10-5-8-2-3-13(18)17-12(8)6-11(10)16/h5-7,9,14H,2-4H2,1H3,(H,17,18). The van der Waals surface area contributed by atoms with Crippen LogP contribution < -0.4 is 5.32 Å². The van der Waals surface area contributed by atoms with Crippen molar-refractivity contribution in [2.45, 2.75) is 31.0 Å². The Kier molecular flexibility index (Phi) is 2.93. The first kappa shape index (κ1) is 12.2. The number of hydrogen-bond donors (Lipinski definition) is 1. The number of alkyl halides is 1. The van der Waals surface area contributed by atoms with Crippen LogP contribution in [0.5, 0.6) is 0 Å². The first-order valence-electron chi connectivity index (χ1n) is 6.32. The number of halogens is 2. The van der Waals surface area contributed by atoms with Gasteiger partial charge in [-0.3, -0.25) is 4.79 Å². The Morgan fingerprint density at radius 1 is 1.44 bits per heavy atom. The molecule has 1 aliphatic carbocycles. The number of carbonyl (C=O) groups excluding carboxylic acids is 1. The van der Waals surface area contributed by atoms with Gasteiger partial charge < -0.3 is 5.32 Å². The third-order valence-electron chi connectivity index (χ3n) is 3.96. The van der Waals surface area contributed by atoms with Gasteiger partial charge >= 0.3 is 0 Å². The number of nitrogens with one attached hydrogen (secondary N) is 1. The third-order valence-corrected chi connectivity index (χ3v) is 5.14. The summed E-state index contributed by atoms with van der Waals surface area (Å²) in [4.78, 5) is 11.4. The van der Waals surface area contributed by atoms with Gasteiger partial charge in [0.1, 0.15) is 5.82 Å². The number of carbonyl (C=O) groups is 1. The lowest BCUT2D eigenvalue weighted by molar-refractivity contribution is -0.116. The number of hydrogen-bond acceptors (Lipinski definition) is 1. The van der Waals surface area contributed by atoms with Crippen molar-refractivity contribution in [2.75, 3.05) is 5.32 Å². The molecule has 0 aromatic heterocycles. The molecule has 1 aromatic rings. The van der Waals surface area contributed by atoms with E-state index in [1.807, 2.05) is 6.07 Å². The van der Waals surface area contributed by atoms with Gasteiger partial charge in [-0.25, -0.2) is 4.39 Å². The van der Waals surface area contributed by atoms with Gasteiger partial charge in [-0.15, -0.1) is 0 Å². The van der Waals surface area contributed by atoms with Crippen molar-refractivity contribution in [3.63, 3.8) is 0 Å². The Labute approximate surface area is 114 Å². The molecule has 3 atom stereocenters. The summed E-state index contributed by atoms with van der Waals surface area (Å²) in [7, 11) is 0. The average Bonchev–Trinajstić information content (AvgIpc) is 3.04. The molecule has 96 valence electrons. The second-order valence-electron chi connectivity index (χ2n) is 5.36. The molecule has 1 aliphatic heterocycles. The molecule has 1 fully saturated rings. The Hall–Kier alpha value is -0.900. The zero-order chi connectivity index (χ0) is 12.9. The van der Waals surface area contributed by atoms with E-state index in [4.69, 9.17) is 0 Å². The van der Waals surface area contributed by atoms with Crippen LogP contribution >= 0.6 is 15.9 Å². The lowest BCUT2D eigenvalue weighted by atomic mass is 9.97. The molecule has 0 radical (unpaired) electrons. The summed E-state index contributed by atoms with van der Waals surface area (Å²) in [6.45, 7) is 2.19. The van der Waals surface area contributed by atoms with Crippen LogP contribution in [0, 0.1) is 17.7 Å². The van der Waals surface area contributed by atoms with Crippen molar-refractivity contribution in [2.24, 2.45) is 11.8 Å². The highest BCUT2D eigenvalue weighted by atomic mass is 79.9. The summed E-state index contributed by atoms with van der Waals surface area (Å²) in [5.74, 6) is 0.957. The molecule has 4 heteroatoms. The lowest BCUT2D eigenvalue weighted by Gasteiger charge is -2.20. The van der Waals surface area contributed by atoms with Crippen molar-refractivity contribution in [1.82, 2.24) is 0 Å². The Morgan fingerprint density at radius 2 is 2.17 bits per heavy atom. The van der Waals surface area contributed by atoms with Gasteiger partial charge in [0.15, 0.2) is 0 Å². The minimum Gasteiger partial charge on any atom is -0.326 e. The van der Waals surface area contributed by atoms with Gasteiger partial charge in [-0.2, -0.15) is 0 Å². The number of amides is 1. The second-order valence-corrected chi connectivity index (χ2v) is 6.34. The highest BCUT2D eigenvalue weighted by Crippen LogP contribution is 2.52. The van der Waals surface area contributed by atoms with Gasteiger partial charge in [-0.1, -0.05) is 22.9 Å². The molecule has 1 N–H and O–H groups in total. The molecule has 0 spiro atoms. The van der Waals surface area contributed by atoms with Crippen LogP contribution in [-0.2, 0) is 11.2 Å². The van der Waals surface area contributed by atoms with Crippen LogP contribution in [0.1, 0.15) is 35.7 Å². The molecule has 3 unspecified atom stereocenters. The Morgan fingerprint density at radius 3 is 2.83 bits per heavy atom. The summed E-state index contributed by atoms with van der Waals surface area (Å²) in [6, 6.07) is 3.37. The van der Waals surface area contributed by atoms with E-state index in [0.717, 1.165) is 17.5 Å². The quantitative estimate of drug-likeness (QED) is 0.827. The minimum absolute atomic E-state index is 0.0270. The molecule has 2 nitrogen and oxygen atoms in total. The van der Waals surface area contributed by atoms with Crippen LogP contribution in [0.15, 0.2) is 12.1 Å². The SMILES string of the molecule is CC1CC1C(Br)c1cc2c(cc1F)NC(=O)CC2. The number of anilines is 1. The monoisotopic (exact) mass is 311 g/mol. The molecule has 0 bridgehead atoms. The average molecular weight is 312 g/mol. The fraction of sp³-hybridized carbons (Fsp3) is 0.500. The molecular formula is C14H15BrFNO. The molecule has 1 saturated carbocycles. The van der Waals surface area contributed by atoms with Crippen LogP contribution in [-0.4, -0.2) is 5.91 Å². The largest absolute Gasteiger partial charge is 0.326 e. The normalized spacial score (nSPS) is 27.4. The molecule has 1 amide bonds. The van der Waals surface area contributed by atoms with E-state index in [1.165, 1.54) is 6.07 Å². The van der Waals surface area contributed by atoms with Crippen LogP contribution in [0.25, 0.3) is 0 Å². The minimum atomic E-state index is -0.225. The molecule has 0 saturated heterocycles. The Bertz CT molecular complexity index is 517. The molecule has 1 aromatic carbocycles. The summed E-state index contributed by atoms with van der Waals surface area (Å²) >= 11 is 3.62. The van der Waals surface area contributed by atoms with E-state index in [2.05, 4.69) is 28.2 Å². The Balaban J connectivity index is 1.94. The lowest BCUT2D eigenvalue weighted by Crippen LogP contribution is -2.19. The van der Waals surface area contributed by atoms with Gasteiger partial charge in [0.05, 0.1) is 0 Å². The van der Waals surface area contributed by atoms with E-state index in [1.54, 1.807) is 0 Å². The van der Waals surface area contributed by atoms with Crippen molar-refractivity contribution >= 4 is 27.5 Å². The van der Waals surface area contributed by atoms with Crippen molar-refractivity contribution in [3.05, 3.63) is 29.1 Å². The fourth-order valence-electron chi connectivity index (χ4n) is 2.62. The maximum atomic E-state index is 14.1. The first-order valence-corrected chi connectivity index (χ1v) is 7.24. The molecule has 2 aliphatic rings. The van der Waals surface area contributed by atoms with E-state index in [0.29, 0.717) is 30.4 Å². The van der Waals surface area contributed by atoms with Crippen molar-refractivity contribution in [1.29, 1.82) is 0 Å². The summed E-state index contributed by atoms with van der Waals surface area (Å²) in [6.07, 6.45) is 2.35. The highest BCUT2D eigenvalue weighted by Gasteiger charge is 2.40. The fourth-order valence-corrected chi connectivity index (χ4v) is 3.71. The third kappa shape index (κ3) is 2.07. The second kappa shape index (κ2) is 4.34. The topological polar surface area (TPSA) is 29.1 Å². The van der Waals surface area contributed by atoms with Gasteiger partial charge in [0.2, 0.25) is 5.91 Å². The predicted octanol–water partition coefficient (Wildman–Crippen LogP) is 3.80. The van der Waals surface area contributed by atoms with E-state index < -0.39 is 0 Å². The van der Waals surface area contributed by atoms with Crippen molar-refractivity contribution < 1.29 is 9.18 Å². The molecule has 18 heavy (non-hydrogen) atoms. The summed E-state index contributed by atoms with van der Waals surface area (Å²) in [5.41, 5.74) is 2.42. The number of aryl methyl sites for hydroxylation is 1. The van der Waals surface area contributed by atoms with Gasteiger partial charge in [-0.05, 0) is 42.4 Å². The predicted molar refractivity (Wildman–Crippen MR) is 72.3 cm³/mol. The highest BCUT2D eigenvalue weighted by molar-refractivity contribution is 9.09. The molecule has 3 rings (SSSR count). The van der Waals surface area contributed by atoms with Gasteiger partial charge in [0.25, 0.3) is 0 Å². The maximum absolute atomic E-state index is 14.1. The van der Waals surface area contributed by atoms with E-state index in [9.17, 15) is 9.18 Å². The van der Waals surface area contributed by atoms with E-state index in [-0.39, 0.29) is 16.6 Å². The summed E-state index contributed by atoms with van der Waals surface area (Å²) in [5, 5.41) is 2.73. The van der Waals surface area contributed by atoms with Crippen LogP contribution in [0.3, 0.4) is 0 Å².